The van der Waals surface area contributed by atoms with E-state index in [0.717, 1.165) is 22.7 Å². The lowest BCUT2D eigenvalue weighted by atomic mass is 10.1. The van der Waals surface area contributed by atoms with Crippen molar-refractivity contribution < 1.29 is 18.0 Å². The van der Waals surface area contributed by atoms with Gasteiger partial charge in [0.1, 0.15) is 6.54 Å². The normalized spacial score (nSPS) is 11.7. The Bertz CT molecular complexity index is 1180. The van der Waals surface area contributed by atoms with Crippen LogP contribution in [0.1, 0.15) is 11.3 Å². The molecule has 0 radical (unpaired) electrons. The van der Waals surface area contributed by atoms with Crippen LogP contribution in [0.4, 0.5) is 18.9 Å². The predicted octanol–water partition coefficient (Wildman–Crippen LogP) is 4.79. The molecule has 148 valence electrons. The van der Waals surface area contributed by atoms with Gasteiger partial charge < -0.3 is 9.88 Å². The summed E-state index contributed by atoms with van der Waals surface area (Å²) in [4.78, 5) is 12.6. The molecule has 0 bridgehead atoms. The van der Waals surface area contributed by atoms with Crippen molar-refractivity contribution in [1.29, 1.82) is 0 Å². The maximum Gasteiger partial charge on any atom is 0.418 e. The molecule has 0 saturated heterocycles. The van der Waals surface area contributed by atoms with Crippen LogP contribution < -0.4 is 5.32 Å². The monoisotopic (exact) mass is 398 g/mol. The Kier molecular flexibility index (Phi) is 4.62. The maximum atomic E-state index is 13.6. The quantitative estimate of drug-likeness (QED) is 0.537. The Labute approximate surface area is 164 Å². The minimum Gasteiger partial charge on any atom is -0.335 e. The highest BCUT2D eigenvalue weighted by molar-refractivity contribution is 5.93. The van der Waals surface area contributed by atoms with Crippen LogP contribution in [0.15, 0.2) is 67.0 Å². The molecule has 5 nitrogen and oxygen atoms in total. The third-order valence-electron chi connectivity index (χ3n) is 4.67. The first kappa shape index (κ1) is 18.8. The van der Waals surface area contributed by atoms with Crippen LogP contribution in [0.2, 0.25) is 0 Å². The summed E-state index contributed by atoms with van der Waals surface area (Å²) in [6, 6.07) is 14.8. The predicted molar refractivity (Wildman–Crippen MR) is 104 cm³/mol. The van der Waals surface area contributed by atoms with Crippen molar-refractivity contribution >= 4 is 22.5 Å². The Morgan fingerprint density at radius 1 is 1.10 bits per heavy atom. The van der Waals surface area contributed by atoms with E-state index < -0.39 is 17.6 Å². The van der Waals surface area contributed by atoms with Crippen molar-refractivity contribution in [3.05, 3.63) is 78.2 Å². The molecule has 0 unspecified atom stereocenters. The number of carbonyl (C=O) groups is 1. The average Bonchev–Trinajstić information content (AvgIpc) is 3.30. The fraction of sp³-hybridized carbons (Fsp3) is 0.143. The first-order valence-electron chi connectivity index (χ1n) is 8.89. The number of rotatable bonds is 4. The summed E-state index contributed by atoms with van der Waals surface area (Å²) in [6.45, 7) is 1.77. The van der Waals surface area contributed by atoms with Gasteiger partial charge in [-0.3, -0.25) is 4.79 Å². The molecule has 1 amide bonds. The molecule has 2 aromatic carbocycles. The number of fused-ring (bicyclic) bond motifs is 1. The molecule has 0 fully saturated rings. The zero-order valence-electron chi connectivity index (χ0n) is 15.4. The van der Waals surface area contributed by atoms with Gasteiger partial charge in [-0.05, 0) is 48.7 Å². The van der Waals surface area contributed by atoms with Crippen molar-refractivity contribution in [2.24, 2.45) is 0 Å². The molecular weight excluding hydrogens is 381 g/mol. The second kappa shape index (κ2) is 7.12. The van der Waals surface area contributed by atoms with Gasteiger partial charge >= 0.3 is 6.18 Å². The number of aromatic nitrogens is 3. The highest BCUT2D eigenvalue weighted by atomic mass is 19.4. The number of aryl methyl sites for hydroxylation is 1. The van der Waals surface area contributed by atoms with Gasteiger partial charge in [-0.1, -0.05) is 18.2 Å². The van der Waals surface area contributed by atoms with Gasteiger partial charge in [-0.15, -0.1) is 0 Å². The van der Waals surface area contributed by atoms with Crippen molar-refractivity contribution in [3.63, 3.8) is 0 Å². The molecule has 2 heterocycles. The minimum absolute atomic E-state index is 0.0858. The van der Waals surface area contributed by atoms with E-state index in [-0.39, 0.29) is 17.9 Å². The van der Waals surface area contributed by atoms with Gasteiger partial charge in [-0.2, -0.15) is 18.3 Å². The molecule has 0 saturated carbocycles. The van der Waals surface area contributed by atoms with Crippen LogP contribution in [0.25, 0.3) is 16.6 Å². The second-order valence-corrected chi connectivity index (χ2v) is 6.66. The topological polar surface area (TPSA) is 51.9 Å². The highest BCUT2D eigenvalue weighted by Gasteiger charge is 2.34. The van der Waals surface area contributed by atoms with Crippen molar-refractivity contribution in [2.45, 2.75) is 19.6 Å². The molecular formula is C21H17F3N4O. The summed E-state index contributed by atoms with van der Waals surface area (Å²) in [7, 11) is 0. The van der Waals surface area contributed by atoms with E-state index in [9.17, 15) is 18.0 Å². The standard InChI is InChI=1S/C21H17F3N4O/c1-14-11-15-5-2-3-6-19(15)27(14)13-20(29)26-18-8-7-16(28-10-4-9-25-28)12-17(18)21(22,23)24/h2-12H,13H2,1H3,(H,26,29). The van der Waals surface area contributed by atoms with Gasteiger partial charge in [0, 0.05) is 23.6 Å². The number of para-hydroxylation sites is 1. The molecule has 0 spiro atoms. The number of nitrogens with zero attached hydrogens (tertiary/aromatic N) is 3. The number of hydrogen-bond donors (Lipinski definition) is 1. The first-order chi connectivity index (χ1) is 13.8. The minimum atomic E-state index is -4.62. The van der Waals surface area contributed by atoms with Gasteiger partial charge in [0.25, 0.3) is 0 Å². The van der Waals surface area contributed by atoms with E-state index in [2.05, 4.69) is 10.4 Å². The van der Waals surface area contributed by atoms with Gasteiger partial charge in [0.05, 0.1) is 16.9 Å². The van der Waals surface area contributed by atoms with Gasteiger partial charge in [0.15, 0.2) is 0 Å². The molecule has 8 heteroatoms. The molecule has 0 atom stereocenters. The summed E-state index contributed by atoms with van der Waals surface area (Å²) >= 11 is 0. The van der Waals surface area contributed by atoms with E-state index >= 15 is 0 Å². The van der Waals surface area contributed by atoms with E-state index in [1.54, 1.807) is 16.8 Å². The Morgan fingerprint density at radius 3 is 2.62 bits per heavy atom. The number of anilines is 1. The van der Waals surface area contributed by atoms with Crippen LogP contribution in [0.5, 0.6) is 0 Å². The van der Waals surface area contributed by atoms with Gasteiger partial charge in [-0.25, -0.2) is 4.68 Å². The summed E-state index contributed by atoms with van der Waals surface area (Å²) in [5, 5.41) is 7.33. The summed E-state index contributed by atoms with van der Waals surface area (Å²) in [5.41, 5.74) is 0.754. The second-order valence-electron chi connectivity index (χ2n) is 6.66. The third kappa shape index (κ3) is 3.73. The number of benzene rings is 2. The summed E-state index contributed by atoms with van der Waals surface area (Å²) in [5.74, 6) is -0.535. The lowest BCUT2D eigenvalue weighted by molar-refractivity contribution is -0.137. The molecule has 4 rings (SSSR count). The Hall–Kier alpha value is -3.55. The summed E-state index contributed by atoms with van der Waals surface area (Å²) < 4.78 is 43.9. The molecule has 1 N–H and O–H groups in total. The van der Waals surface area contributed by atoms with Crippen LogP contribution >= 0.6 is 0 Å². The highest BCUT2D eigenvalue weighted by Crippen LogP contribution is 2.36. The van der Waals surface area contributed by atoms with E-state index in [4.69, 9.17) is 0 Å². The number of hydrogen-bond acceptors (Lipinski definition) is 2. The van der Waals surface area contributed by atoms with E-state index in [1.807, 2.05) is 37.3 Å². The zero-order chi connectivity index (χ0) is 20.6. The number of nitrogens with one attached hydrogen (secondary N) is 1. The Morgan fingerprint density at radius 2 is 1.90 bits per heavy atom. The van der Waals surface area contributed by atoms with E-state index in [0.29, 0.717) is 0 Å². The summed E-state index contributed by atoms with van der Waals surface area (Å²) in [6.07, 6.45) is -1.60. The van der Waals surface area contributed by atoms with Crippen LogP contribution in [0, 0.1) is 6.92 Å². The number of halogens is 3. The third-order valence-corrected chi connectivity index (χ3v) is 4.67. The smallest absolute Gasteiger partial charge is 0.335 e. The molecule has 2 aromatic heterocycles. The van der Waals surface area contributed by atoms with Crippen LogP contribution in [0.3, 0.4) is 0 Å². The fourth-order valence-corrected chi connectivity index (χ4v) is 3.33. The van der Waals surface area contributed by atoms with Crippen molar-refractivity contribution in [2.75, 3.05) is 5.32 Å². The van der Waals surface area contributed by atoms with Crippen molar-refractivity contribution in [3.8, 4) is 5.69 Å². The van der Waals surface area contributed by atoms with Crippen molar-refractivity contribution in [1.82, 2.24) is 14.3 Å². The molecule has 0 aliphatic carbocycles. The zero-order valence-corrected chi connectivity index (χ0v) is 15.4. The molecule has 0 aliphatic heterocycles. The van der Waals surface area contributed by atoms with Crippen LogP contribution in [-0.4, -0.2) is 20.3 Å². The lowest BCUT2D eigenvalue weighted by Crippen LogP contribution is -2.21. The fourth-order valence-electron chi connectivity index (χ4n) is 3.33. The largest absolute Gasteiger partial charge is 0.418 e. The Balaban J connectivity index is 1.63. The number of carbonyl (C=O) groups excluding carboxylic acids is 1. The van der Waals surface area contributed by atoms with E-state index in [1.165, 1.54) is 23.0 Å². The molecule has 29 heavy (non-hydrogen) atoms. The van der Waals surface area contributed by atoms with Crippen LogP contribution in [-0.2, 0) is 17.5 Å². The first-order valence-corrected chi connectivity index (χ1v) is 8.89. The average molecular weight is 398 g/mol. The number of alkyl halides is 3. The maximum absolute atomic E-state index is 13.6. The SMILES string of the molecule is Cc1cc2ccccc2n1CC(=O)Nc1ccc(-n2cccn2)cc1C(F)(F)F. The lowest BCUT2D eigenvalue weighted by Gasteiger charge is -2.16. The van der Waals surface area contributed by atoms with Gasteiger partial charge in [0.2, 0.25) is 5.91 Å². The molecule has 4 aromatic rings. The number of amides is 1. The molecule has 0 aliphatic rings.